The van der Waals surface area contributed by atoms with Gasteiger partial charge in [-0.15, -0.1) is 5.10 Å². The molecule has 0 unspecified atom stereocenters. The lowest BCUT2D eigenvalue weighted by Crippen LogP contribution is -1.75. The van der Waals surface area contributed by atoms with Gasteiger partial charge in [-0.1, -0.05) is 0 Å². The molecule has 2 aromatic rings. The molecule has 12 heavy (non-hydrogen) atoms. The van der Waals surface area contributed by atoms with Crippen LogP contribution in [0.2, 0.25) is 0 Å². The number of hydrogen-bond donors (Lipinski definition) is 1. The molecular formula is C6H3N5O. The molecule has 0 aliphatic carbocycles. The van der Waals surface area contributed by atoms with Crippen molar-refractivity contribution in [3.05, 3.63) is 12.3 Å². The van der Waals surface area contributed by atoms with Gasteiger partial charge in [0.05, 0.1) is 11.9 Å². The van der Waals surface area contributed by atoms with Crippen molar-refractivity contribution in [2.75, 3.05) is 0 Å². The highest BCUT2D eigenvalue weighted by Crippen LogP contribution is 2.13. The summed E-state index contributed by atoms with van der Waals surface area (Å²) in [5.74, 6) is 0. The van der Waals surface area contributed by atoms with E-state index in [-0.39, 0.29) is 0 Å². The third-order valence-electron chi connectivity index (χ3n) is 1.33. The molecule has 0 atom stereocenters. The van der Waals surface area contributed by atoms with Gasteiger partial charge >= 0.3 is 0 Å². The first-order valence-electron chi connectivity index (χ1n) is 3.14. The lowest BCUT2D eigenvalue weighted by atomic mass is 10.4. The van der Waals surface area contributed by atoms with Crippen LogP contribution in [0.25, 0.3) is 11.2 Å². The van der Waals surface area contributed by atoms with Gasteiger partial charge in [0, 0.05) is 0 Å². The minimum Gasteiger partial charge on any atom is -0.231 e. The van der Waals surface area contributed by atoms with E-state index in [1.165, 1.54) is 12.3 Å². The molecule has 0 radical (unpaired) electrons. The summed E-state index contributed by atoms with van der Waals surface area (Å²) < 4.78 is 0. The fourth-order valence-corrected chi connectivity index (χ4v) is 0.844. The molecule has 0 aliphatic heterocycles. The summed E-state index contributed by atoms with van der Waals surface area (Å²) in [6.45, 7) is 0. The van der Waals surface area contributed by atoms with E-state index in [1.807, 2.05) is 0 Å². The molecule has 0 bridgehead atoms. The monoisotopic (exact) mass is 161 g/mol. The zero-order valence-corrected chi connectivity index (χ0v) is 5.85. The van der Waals surface area contributed by atoms with Gasteiger partial charge in [0.15, 0.2) is 0 Å². The minimum absolute atomic E-state index is 0.423. The van der Waals surface area contributed by atoms with Gasteiger partial charge in [0.1, 0.15) is 5.52 Å². The van der Waals surface area contributed by atoms with Crippen LogP contribution in [0.1, 0.15) is 0 Å². The van der Waals surface area contributed by atoms with Crippen LogP contribution >= 0.6 is 0 Å². The average Bonchev–Trinajstić information content (AvgIpc) is 2.51. The van der Waals surface area contributed by atoms with Crippen LogP contribution in [0.5, 0.6) is 0 Å². The van der Waals surface area contributed by atoms with E-state index in [1.54, 1.807) is 6.07 Å². The molecule has 2 rings (SSSR count). The molecule has 0 aliphatic rings. The molecular weight excluding hydrogens is 158 g/mol. The number of nitrogens with zero attached hydrogens (tertiary/aromatic N) is 4. The van der Waals surface area contributed by atoms with Crippen LogP contribution in [-0.2, 0) is 4.79 Å². The number of aromatic amines is 1. The quantitative estimate of drug-likeness (QED) is 0.482. The van der Waals surface area contributed by atoms with Crippen LogP contribution in [0.4, 0.5) is 5.69 Å². The van der Waals surface area contributed by atoms with Crippen molar-refractivity contribution >= 4 is 22.9 Å². The molecule has 2 heterocycles. The number of fused-ring (bicyclic) bond motifs is 1. The molecule has 1 N–H and O–H groups in total. The second-order valence-electron chi connectivity index (χ2n) is 2.06. The van der Waals surface area contributed by atoms with E-state index < -0.39 is 0 Å². The van der Waals surface area contributed by atoms with Crippen LogP contribution in [0, 0.1) is 0 Å². The fraction of sp³-hybridized carbons (Fsp3) is 0. The number of pyridine rings is 1. The fourth-order valence-electron chi connectivity index (χ4n) is 0.844. The van der Waals surface area contributed by atoms with Crippen molar-refractivity contribution in [1.29, 1.82) is 0 Å². The summed E-state index contributed by atoms with van der Waals surface area (Å²) in [7, 11) is 0. The number of nitrogens with one attached hydrogen (secondary N) is 1. The normalized spacial score (nSPS) is 9.67. The number of rotatable bonds is 1. The summed E-state index contributed by atoms with van der Waals surface area (Å²) in [4.78, 5) is 17.2. The van der Waals surface area contributed by atoms with E-state index in [0.29, 0.717) is 16.9 Å². The Balaban J connectivity index is 2.67. The first-order valence-corrected chi connectivity index (χ1v) is 3.14. The zero-order valence-electron chi connectivity index (χ0n) is 5.85. The van der Waals surface area contributed by atoms with Crippen molar-refractivity contribution in [1.82, 2.24) is 20.4 Å². The summed E-state index contributed by atoms with van der Waals surface area (Å²) in [6.07, 6.45) is 2.84. The largest absolute Gasteiger partial charge is 0.240 e. The Kier molecular flexibility index (Phi) is 1.39. The highest BCUT2D eigenvalue weighted by molar-refractivity contribution is 5.72. The number of aliphatic imine (C=N–C) groups is 1. The summed E-state index contributed by atoms with van der Waals surface area (Å²) in [5, 5.41) is 9.91. The number of isocyanates is 1. The van der Waals surface area contributed by atoms with E-state index in [2.05, 4.69) is 25.4 Å². The van der Waals surface area contributed by atoms with Gasteiger partial charge < -0.3 is 0 Å². The van der Waals surface area contributed by atoms with E-state index >= 15 is 0 Å². The van der Waals surface area contributed by atoms with Crippen LogP contribution < -0.4 is 0 Å². The van der Waals surface area contributed by atoms with Crippen molar-refractivity contribution in [2.45, 2.75) is 0 Å². The Morgan fingerprint density at radius 2 is 2.42 bits per heavy atom. The van der Waals surface area contributed by atoms with Gasteiger partial charge in [-0.3, -0.25) is 0 Å². The van der Waals surface area contributed by atoms with Gasteiger partial charge in [-0.05, 0) is 6.07 Å². The van der Waals surface area contributed by atoms with E-state index in [9.17, 15) is 4.79 Å². The Morgan fingerprint density at radius 1 is 1.50 bits per heavy atom. The molecule has 0 saturated carbocycles. The molecule has 0 saturated heterocycles. The lowest BCUT2D eigenvalue weighted by molar-refractivity contribution is 0.565. The van der Waals surface area contributed by atoms with Gasteiger partial charge in [-0.25, -0.2) is 9.78 Å². The minimum atomic E-state index is 0.423. The van der Waals surface area contributed by atoms with Crippen molar-refractivity contribution in [2.24, 2.45) is 4.99 Å². The Bertz CT molecular complexity index is 456. The second kappa shape index (κ2) is 2.52. The maximum absolute atomic E-state index is 9.89. The summed E-state index contributed by atoms with van der Waals surface area (Å²) in [6, 6.07) is 1.59. The predicted molar refractivity (Wildman–Crippen MR) is 39.5 cm³/mol. The number of H-pyrrole nitrogens is 1. The Labute approximate surface area is 66.3 Å². The first-order chi connectivity index (χ1) is 5.90. The highest BCUT2D eigenvalue weighted by Gasteiger charge is 1.98. The lowest BCUT2D eigenvalue weighted by Gasteiger charge is -1.86. The number of aromatic nitrogens is 4. The second-order valence-corrected chi connectivity index (χ2v) is 2.06. The zero-order chi connectivity index (χ0) is 8.39. The van der Waals surface area contributed by atoms with Crippen molar-refractivity contribution in [3.63, 3.8) is 0 Å². The van der Waals surface area contributed by atoms with Gasteiger partial charge in [0.2, 0.25) is 11.7 Å². The van der Waals surface area contributed by atoms with E-state index in [0.717, 1.165) is 0 Å². The van der Waals surface area contributed by atoms with Gasteiger partial charge in [-0.2, -0.15) is 15.3 Å². The molecule has 6 nitrogen and oxygen atoms in total. The molecule has 58 valence electrons. The Hall–Kier alpha value is -2.07. The topological polar surface area (TPSA) is 83.9 Å². The Morgan fingerprint density at radius 3 is 3.25 bits per heavy atom. The van der Waals surface area contributed by atoms with Crippen molar-refractivity contribution < 1.29 is 4.79 Å². The van der Waals surface area contributed by atoms with Crippen LogP contribution in [0.15, 0.2) is 17.3 Å². The summed E-state index contributed by atoms with van der Waals surface area (Å²) >= 11 is 0. The molecule has 2 aromatic heterocycles. The molecule has 0 amide bonds. The van der Waals surface area contributed by atoms with Crippen LogP contribution in [-0.4, -0.2) is 26.5 Å². The van der Waals surface area contributed by atoms with E-state index in [4.69, 9.17) is 0 Å². The first kappa shape index (κ1) is 6.63. The molecule has 0 spiro atoms. The summed E-state index contributed by atoms with van der Waals surface area (Å²) in [5.41, 5.74) is 1.50. The number of hydrogen-bond acceptors (Lipinski definition) is 5. The van der Waals surface area contributed by atoms with Crippen molar-refractivity contribution in [3.8, 4) is 0 Å². The third kappa shape index (κ3) is 0.959. The molecule has 0 fully saturated rings. The smallest absolute Gasteiger partial charge is 0.231 e. The maximum atomic E-state index is 9.89. The van der Waals surface area contributed by atoms with Crippen LogP contribution in [0.3, 0.4) is 0 Å². The SMILES string of the molecule is O=C=Nc1cnc2n[nH]nc2c1. The maximum Gasteiger partial charge on any atom is 0.240 e. The predicted octanol–water partition coefficient (Wildman–Crippen LogP) is 0.320. The highest BCUT2D eigenvalue weighted by atomic mass is 16.1. The number of carbonyl (C=O) groups excluding carboxylic acids is 1. The average molecular weight is 161 g/mol. The standard InChI is InChI=1S/C6H3N5O/c12-3-8-4-1-5-6(7-2-4)10-11-9-5/h1-2H,(H,7,9,10,11). The molecule has 0 aromatic carbocycles. The third-order valence-corrected chi connectivity index (χ3v) is 1.33. The van der Waals surface area contributed by atoms with Gasteiger partial charge in [0.25, 0.3) is 0 Å². The molecule has 6 heteroatoms.